The summed E-state index contributed by atoms with van der Waals surface area (Å²) in [5, 5.41) is 9.74. The Hall–Kier alpha value is -1.67. The number of aromatic hydroxyl groups is 1. The number of hydrogen-bond acceptors (Lipinski definition) is 2. The summed E-state index contributed by atoms with van der Waals surface area (Å²) in [6.45, 7) is 0. The van der Waals surface area contributed by atoms with Crippen molar-refractivity contribution >= 4 is 17.3 Å². The zero-order valence-corrected chi connectivity index (χ0v) is 9.41. The van der Waals surface area contributed by atoms with Crippen LogP contribution in [0, 0.1) is 0 Å². The number of benzene rings is 2. The molecule has 0 aliphatic carbocycles. The minimum Gasteiger partial charge on any atom is -0.504 e. The van der Waals surface area contributed by atoms with Crippen LogP contribution in [0.2, 0.25) is 5.02 Å². The van der Waals surface area contributed by atoms with Crippen molar-refractivity contribution < 1.29 is 5.11 Å². The van der Waals surface area contributed by atoms with E-state index in [0.29, 0.717) is 10.7 Å². The van der Waals surface area contributed by atoms with E-state index in [-0.39, 0.29) is 5.75 Å². The molecule has 2 nitrogen and oxygen atoms in total. The molecule has 2 aromatic carbocycles. The van der Waals surface area contributed by atoms with E-state index in [2.05, 4.69) is 0 Å². The third-order valence-corrected chi connectivity index (χ3v) is 2.69. The molecule has 0 fully saturated rings. The number of halogens is 1. The van der Waals surface area contributed by atoms with Gasteiger partial charge in [0.1, 0.15) is 0 Å². The van der Waals surface area contributed by atoms with Crippen LogP contribution in [0.4, 0.5) is 5.69 Å². The molecule has 0 saturated heterocycles. The maximum Gasteiger partial charge on any atom is 0.157 e. The third kappa shape index (κ3) is 2.28. The summed E-state index contributed by atoms with van der Waals surface area (Å²) in [4.78, 5) is 0. The monoisotopic (exact) mass is 233 g/mol. The molecule has 0 unspecified atom stereocenters. The van der Waals surface area contributed by atoms with E-state index in [1.54, 1.807) is 12.1 Å². The molecular formula is C13H12ClNO. The topological polar surface area (TPSA) is 46.2 Å². The normalized spacial score (nSPS) is 10.3. The fourth-order valence-electron chi connectivity index (χ4n) is 1.61. The van der Waals surface area contributed by atoms with E-state index in [1.807, 2.05) is 30.3 Å². The van der Waals surface area contributed by atoms with Gasteiger partial charge < -0.3 is 10.8 Å². The first-order valence-electron chi connectivity index (χ1n) is 4.97. The molecule has 0 aliphatic rings. The van der Waals surface area contributed by atoms with Crippen molar-refractivity contribution in [2.75, 3.05) is 5.73 Å². The Labute approximate surface area is 99.3 Å². The second kappa shape index (κ2) is 4.45. The second-order valence-electron chi connectivity index (χ2n) is 3.68. The molecule has 82 valence electrons. The summed E-state index contributed by atoms with van der Waals surface area (Å²) in [5.41, 5.74) is 8.13. The first-order valence-corrected chi connectivity index (χ1v) is 5.35. The standard InChI is InChI=1S/C13H12ClNO/c14-11-7-10(8-12(15)13(11)16)6-9-4-2-1-3-5-9/h1-5,7-8,16H,6,15H2. The molecule has 2 aromatic rings. The molecule has 0 heterocycles. The van der Waals surface area contributed by atoms with Crippen molar-refractivity contribution in [1.82, 2.24) is 0 Å². The highest BCUT2D eigenvalue weighted by Gasteiger charge is 2.05. The predicted molar refractivity (Wildman–Crippen MR) is 66.8 cm³/mol. The van der Waals surface area contributed by atoms with E-state index >= 15 is 0 Å². The SMILES string of the molecule is Nc1cc(Cc2ccccc2)cc(Cl)c1O. The Bertz CT molecular complexity index is 474. The zero-order valence-electron chi connectivity index (χ0n) is 8.65. The molecule has 0 spiro atoms. The van der Waals surface area contributed by atoms with Gasteiger partial charge in [-0.25, -0.2) is 0 Å². The molecule has 3 heteroatoms. The summed E-state index contributed by atoms with van der Waals surface area (Å²) >= 11 is 5.86. The Morgan fingerprint density at radius 3 is 2.38 bits per heavy atom. The minimum atomic E-state index is -0.0431. The van der Waals surface area contributed by atoms with Crippen LogP contribution in [0.25, 0.3) is 0 Å². The Morgan fingerprint density at radius 2 is 1.75 bits per heavy atom. The molecule has 3 N–H and O–H groups in total. The Balaban J connectivity index is 2.29. The number of nitrogens with two attached hydrogens (primary N) is 1. The predicted octanol–water partition coefficient (Wildman–Crippen LogP) is 3.22. The highest BCUT2D eigenvalue weighted by Crippen LogP contribution is 2.31. The van der Waals surface area contributed by atoms with Gasteiger partial charge in [0.25, 0.3) is 0 Å². The second-order valence-corrected chi connectivity index (χ2v) is 4.09. The number of phenolic OH excluding ortho intramolecular Hbond substituents is 1. The molecule has 0 aromatic heterocycles. The van der Waals surface area contributed by atoms with Crippen LogP contribution in [0.3, 0.4) is 0 Å². The maximum absolute atomic E-state index is 9.44. The number of rotatable bonds is 2. The first kappa shape index (κ1) is 10.8. The maximum atomic E-state index is 9.44. The summed E-state index contributed by atoms with van der Waals surface area (Å²) in [7, 11) is 0. The summed E-state index contributed by atoms with van der Waals surface area (Å²) < 4.78 is 0. The lowest BCUT2D eigenvalue weighted by Gasteiger charge is -2.06. The molecule has 16 heavy (non-hydrogen) atoms. The van der Waals surface area contributed by atoms with Gasteiger partial charge in [-0.1, -0.05) is 41.9 Å². The van der Waals surface area contributed by atoms with Crippen molar-refractivity contribution in [3.05, 3.63) is 58.6 Å². The van der Waals surface area contributed by atoms with Gasteiger partial charge in [-0.3, -0.25) is 0 Å². The van der Waals surface area contributed by atoms with Crippen LogP contribution >= 0.6 is 11.6 Å². The summed E-state index contributed by atoms with van der Waals surface area (Å²) in [5.74, 6) is -0.0431. The fraction of sp³-hybridized carbons (Fsp3) is 0.0769. The number of anilines is 1. The quantitative estimate of drug-likeness (QED) is 0.618. The highest BCUT2D eigenvalue weighted by atomic mass is 35.5. The molecule has 2 rings (SSSR count). The van der Waals surface area contributed by atoms with E-state index in [4.69, 9.17) is 17.3 Å². The van der Waals surface area contributed by atoms with Crippen molar-refractivity contribution in [2.45, 2.75) is 6.42 Å². The number of phenols is 1. The van der Waals surface area contributed by atoms with E-state index < -0.39 is 0 Å². The van der Waals surface area contributed by atoms with Gasteiger partial charge in [0.05, 0.1) is 10.7 Å². The molecule has 0 bridgehead atoms. The first-order chi connectivity index (χ1) is 7.66. The van der Waals surface area contributed by atoms with Crippen molar-refractivity contribution in [3.8, 4) is 5.75 Å². The number of nitrogen functional groups attached to an aromatic ring is 1. The van der Waals surface area contributed by atoms with Crippen LogP contribution in [0.5, 0.6) is 5.75 Å². The lowest BCUT2D eigenvalue weighted by atomic mass is 10.0. The van der Waals surface area contributed by atoms with Gasteiger partial charge in [-0.2, -0.15) is 0 Å². The van der Waals surface area contributed by atoms with E-state index in [9.17, 15) is 5.11 Å². The average molecular weight is 234 g/mol. The van der Waals surface area contributed by atoms with E-state index in [1.165, 1.54) is 5.56 Å². The van der Waals surface area contributed by atoms with Crippen molar-refractivity contribution in [1.29, 1.82) is 0 Å². The molecular weight excluding hydrogens is 222 g/mol. The summed E-state index contributed by atoms with van der Waals surface area (Å²) in [6.07, 6.45) is 0.755. The molecule has 0 amide bonds. The minimum absolute atomic E-state index is 0.0431. The van der Waals surface area contributed by atoms with Crippen LogP contribution in [0.1, 0.15) is 11.1 Å². The lowest BCUT2D eigenvalue weighted by molar-refractivity contribution is 0.478. The smallest absolute Gasteiger partial charge is 0.157 e. The molecule has 0 aliphatic heterocycles. The third-order valence-electron chi connectivity index (χ3n) is 2.40. The van der Waals surface area contributed by atoms with Gasteiger partial charge >= 0.3 is 0 Å². The van der Waals surface area contributed by atoms with Gasteiger partial charge in [-0.05, 0) is 29.7 Å². The lowest BCUT2D eigenvalue weighted by Crippen LogP contribution is -1.92. The van der Waals surface area contributed by atoms with Crippen LogP contribution < -0.4 is 5.73 Å². The highest BCUT2D eigenvalue weighted by molar-refractivity contribution is 6.32. The Kier molecular flexibility index (Phi) is 3.02. The fourth-order valence-corrected chi connectivity index (χ4v) is 1.86. The van der Waals surface area contributed by atoms with Crippen molar-refractivity contribution in [3.63, 3.8) is 0 Å². The molecule has 0 radical (unpaired) electrons. The Morgan fingerprint density at radius 1 is 1.06 bits per heavy atom. The number of hydrogen-bond donors (Lipinski definition) is 2. The summed E-state index contributed by atoms with van der Waals surface area (Å²) in [6, 6.07) is 13.5. The van der Waals surface area contributed by atoms with Gasteiger partial charge in [-0.15, -0.1) is 0 Å². The van der Waals surface area contributed by atoms with Gasteiger partial charge in [0, 0.05) is 0 Å². The molecule has 0 saturated carbocycles. The van der Waals surface area contributed by atoms with Crippen LogP contribution in [0.15, 0.2) is 42.5 Å². The van der Waals surface area contributed by atoms with Gasteiger partial charge in [0.2, 0.25) is 0 Å². The van der Waals surface area contributed by atoms with Crippen LogP contribution in [-0.2, 0) is 6.42 Å². The van der Waals surface area contributed by atoms with Crippen LogP contribution in [-0.4, -0.2) is 5.11 Å². The van der Waals surface area contributed by atoms with Gasteiger partial charge in [0.15, 0.2) is 5.75 Å². The van der Waals surface area contributed by atoms with Crippen molar-refractivity contribution in [2.24, 2.45) is 0 Å². The van der Waals surface area contributed by atoms with E-state index in [0.717, 1.165) is 12.0 Å². The molecule has 0 atom stereocenters. The zero-order chi connectivity index (χ0) is 11.5. The average Bonchev–Trinajstić information content (AvgIpc) is 2.27. The largest absolute Gasteiger partial charge is 0.504 e.